The van der Waals surface area contributed by atoms with Crippen LogP contribution in [0, 0.1) is 15.5 Å². The van der Waals surface area contributed by atoms with E-state index in [1.807, 2.05) is 0 Å². The highest BCUT2D eigenvalue weighted by molar-refractivity contribution is 6.39. The van der Waals surface area contributed by atoms with Gasteiger partial charge in [-0.15, -0.1) is 0 Å². The minimum Gasteiger partial charge on any atom is -0.382 e. The molecular weight excluding hydrogens is 299 g/mol. The average molecular weight is 317 g/mol. The van der Waals surface area contributed by atoms with Crippen molar-refractivity contribution < 1.29 is 4.92 Å². The molecule has 1 aromatic rings. The van der Waals surface area contributed by atoms with Gasteiger partial charge in [0.05, 0.1) is 20.7 Å². The number of rotatable bonds is 4. The highest BCUT2D eigenvalue weighted by Gasteiger charge is 2.27. The second-order valence-electron chi connectivity index (χ2n) is 5.77. The molecule has 0 aliphatic heterocycles. The standard InChI is InChI=1S/C14H18Cl2N2O2/c1-14(5-3-2-4-6-14)9-17-13-11(15)7-10(18(19)20)8-12(13)16/h7-8,17H,2-6,9H2,1H3. The van der Waals surface area contributed by atoms with Crippen LogP contribution in [-0.2, 0) is 0 Å². The number of hydrogen-bond donors (Lipinski definition) is 1. The predicted octanol–water partition coefficient (Wildman–Crippen LogP) is 5.28. The van der Waals surface area contributed by atoms with Crippen LogP contribution in [0.2, 0.25) is 10.0 Å². The highest BCUT2D eigenvalue weighted by Crippen LogP contribution is 2.39. The van der Waals surface area contributed by atoms with E-state index in [9.17, 15) is 10.1 Å². The summed E-state index contributed by atoms with van der Waals surface area (Å²) >= 11 is 12.2. The third-order valence-corrected chi connectivity index (χ3v) is 4.59. The molecule has 1 N–H and O–H groups in total. The van der Waals surface area contributed by atoms with Crippen molar-refractivity contribution in [3.05, 3.63) is 32.3 Å². The molecule has 0 heterocycles. The topological polar surface area (TPSA) is 55.2 Å². The molecule has 4 nitrogen and oxygen atoms in total. The fourth-order valence-electron chi connectivity index (χ4n) is 2.72. The molecule has 0 spiro atoms. The summed E-state index contributed by atoms with van der Waals surface area (Å²) in [6, 6.07) is 2.66. The smallest absolute Gasteiger partial charge is 0.272 e. The van der Waals surface area contributed by atoms with Crippen molar-refractivity contribution in [1.82, 2.24) is 0 Å². The van der Waals surface area contributed by atoms with Gasteiger partial charge < -0.3 is 5.32 Å². The molecule has 0 radical (unpaired) electrons. The molecule has 2 rings (SSSR count). The normalized spacial score (nSPS) is 17.8. The van der Waals surface area contributed by atoms with Crippen LogP contribution >= 0.6 is 23.2 Å². The van der Waals surface area contributed by atoms with Gasteiger partial charge in [0.2, 0.25) is 0 Å². The third-order valence-electron chi connectivity index (χ3n) is 3.99. The first kappa shape index (κ1) is 15.4. The lowest BCUT2D eigenvalue weighted by atomic mass is 9.76. The van der Waals surface area contributed by atoms with Gasteiger partial charge in [0.25, 0.3) is 5.69 Å². The quantitative estimate of drug-likeness (QED) is 0.607. The summed E-state index contributed by atoms with van der Waals surface area (Å²) in [6.07, 6.45) is 6.17. The average Bonchev–Trinajstić information content (AvgIpc) is 2.38. The summed E-state index contributed by atoms with van der Waals surface area (Å²) in [4.78, 5) is 10.2. The zero-order valence-electron chi connectivity index (χ0n) is 11.4. The molecule has 1 aliphatic carbocycles. The highest BCUT2D eigenvalue weighted by atomic mass is 35.5. The summed E-state index contributed by atoms with van der Waals surface area (Å²) in [5, 5.41) is 14.6. The number of benzene rings is 1. The summed E-state index contributed by atoms with van der Waals surface area (Å²) in [5.74, 6) is 0. The van der Waals surface area contributed by atoms with Crippen LogP contribution in [0.4, 0.5) is 11.4 Å². The summed E-state index contributed by atoms with van der Waals surface area (Å²) < 4.78 is 0. The van der Waals surface area contributed by atoms with Gasteiger partial charge in [-0.2, -0.15) is 0 Å². The van der Waals surface area contributed by atoms with E-state index < -0.39 is 4.92 Å². The lowest BCUT2D eigenvalue weighted by molar-refractivity contribution is -0.384. The molecule has 6 heteroatoms. The van der Waals surface area contributed by atoms with Gasteiger partial charge in [-0.3, -0.25) is 10.1 Å². The van der Waals surface area contributed by atoms with E-state index in [1.54, 1.807) is 0 Å². The maximum absolute atomic E-state index is 10.7. The molecule has 1 fully saturated rings. The Morgan fingerprint density at radius 2 is 1.80 bits per heavy atom. The number of anilines is 1. The molecule has 110 valence electrons. The van der Waals surface area contributed by atoms with Crippen LogP contribution in [-0.4, -0.2) is 11.5 Å². The molecule has 0 unspecified atom stereocenters. The number of nitro groups is 1. The van der Waals surface area contributed by atoms with Crippen molar-refractivity contribution in [2.45, 2.75) is 39.0 Å². The van der Waals surface area contributed by atoms with Crippen molar-refractivity contribution in [3.8, 4) is 0 Å². The molecule has 1 aromatic carbocycles. The van der Waals surface area contributed by atoms with Gasteiger partial charge in [-0.05, 0) is 18.3 Å². The molecule has 1 aliphatic rings. The molecule has 0 saturated heterocycles. The first-order chi connectivity index (χ1) is 9.41. The van der Waals surface area contributed by atoms with Gasteiger partial charge in [0.15, 0.2) is 0 Å². The molecule has 0 atom stereocenters. The minimum absolute atomic E-state index is 0.0885. The largest absolute Gasteiger partial charge is 0.382 e. The number of nitro benzene ring substituents is 1. The Balaban J connectivity index is 2.11. The Hall–Kier alpha value is -1.00. The van der Waals surface area contributed by atoms with Gasteiger partial charge >= 0.3 is 0 Å². The van der Waals surface area contributed by atoms with Crippen LogP contribution < -0.4 is 5.32 Å². The Kier molecular flexibility index (Phi) is 4.76. The van der Waals surface area contributed by atoms with Crippen LogP contribution in [0.25, 0.3) is 0 Å². The fraction of sp³-hybridized carbons (Fsp3) is 0.571. The fourth-order valence-corrected chi connectivity index (χ4v) is 3.33. The Morgan fingerprint density at radius 3 is 2.30 bits per heavy atom. The van der Waals surface area contributed by atoms with Gasteiger partial charge in [0, 0.05) is 18.7 Å². The summed E-state index contributed by atoms with van der Waals surface area (Å²) in [7, 11) is 0. The first-order valence-corrected chi connectivity index (χ1v) is 7.54. The Labute approximate surface area is 128 Å². The predicted molar refractivity (Wildman–Crippen MR) is 82.8 cm³/mol. The van der Waals surface area contributed by atoms with Gasteiger partial charge in [-0.25, -0.2) is 0 Å². The summed E-state index contributed by atoms with van der Waals surface area (Å²) in [5.41, 5.74) is 0.743. The monoisotopic (exact) mass is 316 g/mol. The van der Waals surface area contributed by atoms with Crippen LogP contribution in [0.1, 0.15) is 39.0 Å². The number of non-ortho nitro benzene ring substituents is 1. The van der Waals surface area contributed by atoms with E-state index in [0.29, 0.717) is 15.7 Å². The Morgan fingerprint density at radius 1 is 1.25 bits per heavy atom. The first-order valence-electron chi connectivity index (χ1n) is 6.79. The zero-order valence-corrected chi connectivity index (χ0v) is 12.9. The lowest BCUT2D eigenvalue weighted by Gasteiger charge is -2.34. The Bertz CT molecular complexity index is 491. The summed E-state index contributed by atoms with van der Waals surface area (Å²) in [6.45, 7) is 3.04. The maximum atomic E-state index is 10.7. The van der Waals surface area contributed by atoms with E-state index in [0.717, 1.165) is 6.54 Å². The van der Waals surface area contributed by atoms with E-state index in [4.69, 9.17) is 23.2 Å². The van der Waals surface area contributed by atoms with Gasteiger partial charge in [-0.1, -0.05) is 49.4 Å². The minimum atomic E-state index is -0.496. The molecule has 20 heavy (non-hydrogen) atoms. The molecule has 1 saturated carbocycles. The maximum Gasteiger partial charge on any atom is 0.272 e. The van der Waals surface area contributed by atoms with Crippen LogP contribution in [0.5, 0.6) is 0 Å². The van der Waals surface area contributed by atoms with Gasteiger partial charge in [0.1, 0.15) is 0 Å². The number of nitrogens with one attached hydrogen (secondary N) is 1. The van der Waals surface area contributed by atoms with E-state index >= 15 is 0 Å². The SMILES string of the molecule is CC1(CNc2c(Cl)cc([N+](=O)[O-])cc2Cl)CCCCC1. The van der Waals surface area contributed by atoms with Crippen molar-refractivity contribution in [2.75, 3.05) is 11.9 Å². The van der Waals surface area contributed by atoms with E-state index in [-0.39, 0.29) is 11.1 Å². The number of halogens is 2. The number of hydrogen-bond acceptors (Lipinski definition) is 3. The molecule has 0 bridgehead atoms. The van der Waals surface area contributed by atoms with E-state index in [2.05, 4.69) is 12.2 Å². The third kappa shape index (κ3) is 3.55. The van der Waals surface area contributed by atoms with Crippen molar-refractivity contribution >= 4 is 34.6 Å². The zero-order chi connectivity index (χ0) is 14.8. The second kappa shape index (κ2) is 6.19. The van der Waals surface area contributed by atoms with Crippen molar-refractivity contribution in [3.63, 3.8) is 0 Å². The second-order valence-corrected chi connectivity index (χ2v) is 6.58. The van der Waals surface area contributed by atoms with Crippen molar-refractivity contribution in [2.24, 2.45) is 5.41 Å². The van der Waals surface area contributed by atoms with Crippen LogP contribution in [0.3, 0.4) is 0 Å². The van der Waals surface area contributed by atoms with E-state index in [1.165, 1.54) is 44.2 Å². The lowest BCUT2D eigenvalue weighted by Crippen LogP contribution is -2.29. The number of nitrogens with zero attached hydrogens (tertiary/aromatic N) is 1. The van der Waals surface area contributed by atoms with Crippen molar-refractivity contribution in [1.29, 1.82) is 0 Å². The molecular formula is C14H18Cl2N2O2. The van der Waals surface area contributed by atoms with Crippen LogP contribution in [0.15, 0.2) is 12.1 Å². The molecule has 0 aromatic heterocycles. The molecule has 0 amide bonds.